The van der Waals surface area contributed by atoms with E-state index in [1.54, 1.807) is 18.0 Å². The summed E-state index contributed by atoms with van der Waals surface area (Å²) in [6.45, 7) is 4.03. The number of carbonyl (C=O) groups is 3. The van der Waals surface area contributed by atoms with E-state index in [-0.39, 0.29) is 30.7 Å². The van der Waals surface area contributed by atoms with Gasteiger partial charge in [-0.15, -0.1) is 0 Å². The molecule has 3 amide bonds. The van der Waals surface area contributed by atoms with E-state index in [1.165, 1.54) is 4.90 Å². The molecule has 4 rings (SSSR count). The van der Waals surface area contributed by atoms with Crippen molar-refractivity contribution in [3.05, 3.63) is 76.9 Å². The number of likely N-dealkylation sites (N-methyl/N-ethyl adjacent to an activating group) is 1. The van der Waals surface area contributed by atoms with Crippen molar-refractivity contribution in [1.82, 2.24) is 4.90 Å². The lowest BCUT2D eigenvalue weighted by Gasteiger charge is -2.20. The monoisotopic (exact) mass is 374 g/mol. The second-order valence-electron chi connectivity index (χ2n) is 7.65. The van der Waals surface area contributed by atoms with E-state index in [9.17, 15) is 14.4 Å². The van der Waals surface area contributed by atoms with Crippen LogP contribution in [0, 0.1) is 6.92 Å². The fraction of sp³-hybridized carbons (Fsp3) is 0.261. The molecule has 1 saturated heterocycles. The number of hydrogen-bond donors (Lipinski definition) is 0. The van der Waals surface area contributed by atoms with Gasteiger partial charge in [0.1, 0.15) is 0 Å². The predicted molar refractivity (Wildman–Crippen MR) is 107 cm³/mol. The van der Waals surface area contributed by atoms with Crippen molar-refractivity contribution in [2.24, 2.45) is 0 Å². The molecule has 2 aromatic carbocycles. The van der Waals surface area contributed by atoms with Crippen molar-refractivity contribution in [2.75, 3.05) is 11.9 Å². The van der Waals surface area contributed by atoms with Crippen molar-refractivity contribution in [3.63, 3.8) is 0 Å². The summed E-state index contributed by atoms with van der Waals surface area (Å²) < 4.78 is 0. The van der Waals surface area contributed by atoms with Crippen molar-refractivity contribution in [3.8, 4) is 0 Å². The first-order chi connectivity index (χ1) is 13.3. The zero-order valence-electron chi connectivity index (χ0n) is 16.2. The molecule has 0 bridgehead atoms. The highest BCUT2D eigenvalue weighted by molar-refractivity contribution is 6.15. The molecule has 5 heteroatoms. The zero-order valence-corrected chi connectivity index (χ0v) is 16.2. The lowest BCUT2D eigenvalue weighted by atomic mass is 9.81. The van der Waals surface area contributed by atoms with Crippen molar-refractivity contribution in [1.29, 1.82) is 0 Å². The molecule has 142 valence electrons. The molecule has 1 fully saturated rings. The van der Waals surface area contributed by atoms with E-state index < -0.39 is 5.41 Å². The van der Waals surface area contributed by atoms with E-state index in [2.05, 4.69) is 0 Å². The molecule has 0 unspecified atom stereocenters. The van der Waals surface area contributed by atoms with E-state index in [0.29, 0.717) is 5.57 Å². The summed E-state index contributed by atoms with van der Waals surface area (Å²) in [5.41, 5.74) is 3.09. The molecule has 2 heterocycles. The van der Waals surface area contributed by atoms with Gasteiger partial charge in [-0.05, 0) is 30.5 Å². The lowest BCUT2D eigenvalue weighted by Crippen LogP contribution is -2.35. The third kappa shape index (κ3) is 2.66. The van der Waals surface area contributed by atoms with Gasteiger partial charge in [-0.3, -0.25) is 19.3 Å². The Hall–Kier alpha value is -3.21. The van der Waals surface area contributed by atoms with Crippen LogP contribution in [0.5, 0.6) is 0 Å². The van der Waals surface area contributed by atoms with Gasteiger partial charge in [0, 0.05) is 12.6 Å². The number of para-hydroxylation sites is 1. The van der Waals surface area contributed by atoms with Crippen LogP contribution in [0.2, 0.25) is 0 Å². The van der Waals surface area contributed by atoms with E-state index >= 15 is 0 Å². The lowest BCUT2D eigenvalue weighted by molar-refractivity contribution is -0.138. The van der Waals surface area contributed by atoms with Gasteiger partial charge in [0.05, 0.1) is 24.1 Å². The maximum Gasteiger partial charge on any atom is 0.256 e. The molecule has 0 spiro atoms. The largest absolute Gasteiger partial charge is 0.314 e. The third-order valence-electron chi connectivity index (χ3n) is 5.69. The number of fused-ring (bicyclic) bond motifs is 1. The molecule has 0 saturated carbocycles. The Balaban J connectivity index is 1.70. The summed E-state index contributed by atoms with van der Waals surface area (Å²) >= 11 is 0. The highest BCUT2D eigenvalue weighted by Crippen LogP contribution is 2.44. The average molecular weight is 374 g/mol. The Morgan fingerprint density at radius 2 is 1.75 bits per heavy atom. The van der Waals surface area contributed by atoms with Gasteiger partial charge < -0.3 is 4.90 Å². The predicted octanol–water partition coefficient (Wildman–Crippen LogP) is 3.11. The van der Waals surface area contributed by atoms with Gasteiger partial charge in [0.15, 0.2) is 0 Å². The highest BCUT2D eigenvalue weighted by atomic mass is 16.2. The molecule has 0 aromatic heterocycles. The smallest absolute Gasteiger partial charge is 0.256 e. The number of amides is 3. The first-order valence-electron chi connectivity index (χ1n) is 9.31. The zero-order chi connectivity index (χ0) is 20.1. The van der Waals surface area contributed by atoms with Crippen LogP contribution in [0.1, 0.15) is 30.0 Å². The van der Waals surface area contributed by atoms with E-state index in [4.69, 9.17) is 0 Å². The molecule has 0 radical (unpaired) electrons. The Morgan fingerprint density at radius 1 is 1.04 bits per heavy atom. The minimum atomic E-state index is -0.954. The second-order valence-corrected chi connectivity index (χ2v) is 7.65. The van der Waals surface area contributed by atoms with Crippen LogP contribution in [0.3, 0.4) is 0 Å². The molecule has 2 aliphatic rings. The van der Waals surface area contributed by atoms with E-state index in [0.717, 1.165) is 22.4 Å². The minimum Gasteiger partial charge on any atom is -0.314 e. The normalized spacial score (nSPS) is 23.1. The molecule has 0 aliphatic carbocycles. The van der Waals surface area contributed by atoms with Gasteiger partial charge in [0.2, 0.25) is 11.8 Å². The molecule has 2 aliphatic heterocycles. The first-order valence-corrected chi connectivity index (χ1v) is 9.31. The first kappa shape index (κ1) is 18.2. The summed E-state index contributed by atoms with van der Waals surface area (Å²) in [6.07, 6.45) is 1.72. The number of rotatable bonds is 3. The van der Waals surface area contributed by atoms with Crippen molar-refractivity contribution in [2.45, 2.75) is 32.2 Å². The number of anilines is 1. The Bertz CT molecular complexity index is 1030. The summed E-state index contributed by atoms with van der Waals surface area (Å²) in [6, 6.07) is 15.2. The van der Waals surface area contributed by atoms with Crippen LogP contribution in [0.4, 0.5) is 5.69 Å². The molecule has 0 N–H and O–H groups in total. The Labute approximate surface area is 164 Å². The van der Waals surface area contributed by atoms with Crippen LogP contribution in [0.25, 0.3) is 0 Å². The molecule has 2 aromatic rings. The summed E-state index contributed by atoms with van der Waals surface area (Å²) in [4.78, 5) is 41.4. The second kappa shape index (κ2) is 6.44. The van der Waals surface area contributed by atoms with Crippen LogP contribution in [0.15, 0.2) is 60.2 Å². The average Bonchev–Trinajstić information content (AvgIpc) is 3.04. The van der Waals surface area contributed by atoms with E-state index in [1.807, 2.05) is 62.4 Å². The molecular formula is C23H22N2O3. The summed E-state index contributed by atoms with van der Waals surface area (Å²) in [5, 5.41) is 0. The van der Waals surface area contributed by atoms with Crippen molar-refractivity contribution >= 4 is 23.4 Å². The third-order valence-corrected chi connectivity index (χ3v) is 5.69. The number of hydrogen-bond acceptors (Lipinski definition) is 3. The molecular weight excluding hydrogens is 352 g/mol. The standard InChI is InChI=1S/C23H22N2O3/c1-15-8-7-11-18-20(15)24(3)22(28)23(18,2)13-17-12-19(26)25(21(17)27)14-16-9-5-4-6-10-16/h4-11,13H,12,14H2,1-3H3/b17-13+/t23-/m0/s1. The topological polar surface area (TPSA) is 57.7 Å². The number of aryl methyl sites for hydroxylation is 1. The fourth-order valence-electron chi connectivity index (χ4n) is 4.24. The van der Waals surface area contributed by atoms with Crippen LogP contribution < -0.4 is 4.90 Å². The van der Waals surface area contributed by atoms with Crippen LogP contribution in [-0.2, 0) is 26.3 Å². The number of imide groups is 1. The summed E-state index contributed by atoms with van der Waals surface area (Å²) in [5.74, 6) is -0.635. The highest BCUT2D eigenvalue weighted by Gasteiger charge is 2.47. The summed E-state index contributed by atoms with van der Waals surface area (Å²) in [7, 11) is 1.75. The SMILES string of the molecule is Cc1cccc2c1N(C)C(=O)[C@@]2(C)/C=C1\CC(=O)N(Cc2ccccc2)C1=O. The number of benzene rings is 2. The number of carbonyl (C=O) groups excluding carboxylic acids is 3. The Morgan fingerprint density at radius 3 is 2.46 bits per heavy atom. The minimum absolute atomic E-state index is 0.0272. The maximum absolute atomic E-state index is 13.1. The van der Waals surface area contributed by atoms with Crippen LogP contribution >= 0.6 is 0 Å². The number of likely N-dealkylation sites (tertiary alicyclic amines) is 1. The van der Waals surface area contributed by atoms with Gasteiger partial charge in [-0.1, -0.05) is 54.6 Å². The van der Waals surface area contributed by atoms with Gasteiger partial charge in [-0.2, -0.15) is 0 Å². The van der Waals surface area contributed by atoms with Crippen molar-refractivity contribution < 1.29 is 14.4 Å². The molecule has 5 nitrogen and oxygen atoms in total. The van der Waals surface area contributed by atoms with Crippen LogP contribution in [-0.4, -0.2) is 29.7 Å². The van der Waals surface area contributed by atoms with Gasteiger partial charge in [-0.25, -0.2) is 0 Å². The quantitative estimate of drug-likeness (QED) is 0.613. The maximum atomic E-state index is 13.1. The van der Waals surface area contributed by atoms with Gasteiger partial charge in [0.25, 0.3) is 5.91 Å². The molecule has 28 heavy (non-hydrogen) atoms. The van der Waals surface area contributed by atoms with Gasteiger partial charge >= 0.3 is 0 Å². The number of nitrogens with zero attached hydrogens (tertiary/aromatic N) is 2. The fourth-order valence-corrected chi connectivity index (χ4v) is 4.24. The Kier molecular flexibility index (Phi) is 4.18. The molecule has 1 atom stereocenters.